The van der Waals surface area contributed by atoms with Crippen LogP contribution in [0.4, 0.5) is 17.6 Å². The summed E-state index contributed by atoms with van der Waals surface area (Å²) >= 11 is 0. The number of ether oxygens (including phenoxy) is 1. The SMILES string of the molecule is CN(C/C=C/C(N)=O)CCOc1ccc(/C(=C(/CC(F)(F)F)c2ccccc2)c2ccc3n[nH]c(F)c3c2)cc1. The van der Waals surface area contributed by atoms with Crippen LogP contribution in [-0.2, 0) is 4.79 Å². The van der Waals surface area contributed by atoms with Gasteiger partial charge in [-0.3, -0.25) is 14.8 Å². The number of alkyl halides is 3. The van der Waals surface area contributed by atoms with Gasteiger partial charge in [0.25, 0.3) is 0 Å². The number of nitrogens with one attached hydrogen (secondary N) is 1. The van der Waals surface area contributed by atoms with Gasteiger partial charge in [0.1, 0.15) is 12.4 Å². The summed E-state index contributed by atoms with van der Waals surface area (Å²) in [6, 6.07) is 19.9. The number of likely N-dealkylation sites (N-methyl/N-ethyl adjacent to an activating group) is 1. The molecule has 208 valence electrons. The Morgan fingerprint density at radius 2 is 1.73 bits per heavy atom. The van der Waals surface area contributed by atoms with E-state index in [-0.39, 0.29) is 11.0 Å². The van der Waals surface area contributed by atoms with Crippen LogP contribution in [0.15, 0.2) is 84.9 Å². The number of nitrogens with two attached hydrogens (primary N) is 1. The highest BCUT2D eigenvalue weighted by Crippen LogP contribution is 2.40. The van der Waals surface area contributed by atoms with E-state index in [1.165, 1.54) is 12.1 Å². The fourth-order valence-corrected chi connectivity index (χ4v) is 4.30. The van der Waals surface area contributed by atoms with Crippen LogP contribution >= 0.6 is 0 Å². The Bertz CT molecular complexity index is 1510. The molecular formula is C30H28F4N4O2. The van der Waals surface area contributed by atoms with Gasteiger partial charge < -0.3 is 10.5 Å². The second kappa shape index (κ2) is 12.6. The molecule has 0 bridgehead atoms. The number of primary amides is 1. The number of hydrogen-bond acceptors (Lipinski definition) is 4. The number of halogens is 4. The lowest BCUT2D eigenvalue weighted by molar-refractivity contribution is -0.123. The largest absolute Gasteiger partial charge is 0.492 e. The van der Waals surface area contributed by atoms with Gasteiger partial charge in [0, 0.05) is 13.1 Å². The van der Waals surface area contributed by atoms with Gasteiger partial charge >= 0.3 is 6.18 Å². The molecule has 0 spiro atoms. The van der Waals surface area contributed by atoms with Crippen LogP contribution in [0.25, 0.3) is 22.0 Å². The van der Waals surface area contributed by atoms with Gasteiger partial charge in [-0.1, -0.05) is 54.6 Å². The summed E-state index contributed by atoms with van der Waals surface area (Å²) in [4.78, 5) is 12.7. The number of amides is 1. The molecule has 6 nitrogen and oxygen atoms in total. The zero-order valence-electron chi connectivity index (χ0n) is 21.7. The average molecular weight is 553 g/mol. The maximum absolute atomic E-state index is 14.4. The van der Waals surface area contributed by atoms with Gasteiger partial charge in [0.05, 0.1) is 17.3 Å². The summed E-state index contributed by atoms with van der Waals surface area (Å²) in [6.45, 7) is 1.43. The average Bonchev–Trinajstić information content (AvgIpc) is 3.29. The highest BCUT2D eigenvalue weighted by atomic mass is 19.4. The number of carbonyl (C=O) groups excluding carboxylic acids is 1. The lowest BCUT2D eigenvalue weighted by atomic mass is 9.87. The number of carbonyl (C=O) groups is 1. The maximum atomic E-state index is 14.4. The number of aromatic amines is 1. The normalized spacial score (nSPS) is 12.8. The fourth-order valence-electron chi connectivity index (χ4n) is 4.30. The Kier molecular flexibility index (Phi) is 9.00. The van der Waals surface area contributed by atoms with E-state index in [2.05, 4.69) is 10.2 Å². The van der Waals surface area contributed by atoms with Crippen molar-refractivity contribution >= 4 is 28.0 Å². The monoisotopic (exact) mass is 552 g/mol. The summed E-state index contributed by atoms with van der Waals surface area (Å²) < 4.78 is 61.8. The quantitative estimate of drug-likeness (QED) is 0.137. The Hall–Kier alpha value is -4.44. The van der Waals surface area contributed by atoms with Gasteiger partial charge in [-0.05, 0) is 65.2 Å². The van der Waals surface area contributed by atoms with Gasteiger partial charge in [-0.25, -0.2) is 0 Å². The van der Waals surface area contributed by atoms with Crippen molar-refractivity contribution in [3.8, 4) is 5.75 Å². The molecule has 0 saturated heterocycles. The highest BCUT2D eigenvalue weighted by Gasteiger charge is 2.31. The summed E-state index contributed by atoms with van der Waals surface area (Å²) in [6.07, 6.45) is -2.71. The van der Waals surface area contributed by atoms with E-state index in [1.807, 2.05) is 11.9 Å². The zero-order valence-corrected chi connectivity index (χ0v) is 21.7. The molecule has 3 N–H and O–H groups in total. The molecule has 1 aromatic heterocycles. The minimum atomic E-state index is -4.48. The Labute approximate surface area is 228 Å². The minimum Gasteiger partial charge on any atom is -0.492 e. The maximum Gasteiger partial charge on any atom is 0.393 e. The van der Waals surface area contributed by atoms with Crippen molar-refractivity contribution in [3.63, 3.8) is 0 Å². The smallest absolute Gasteiger partial charge is 0.393 e. The molecule has 0 fully saturated rings. The van der Waals surface area contributed by atoms with E-state index < -0.39 is 24.5 Å². The minimum absolute atomic E-state index is 0.0654. The Balaban J connectivity index is 1.68. The third-order valence-corrected chi connectivity index (χ3v) is 6.18. The molecule has 10 heteroatoms. The van der Waals surface area contributed by atoms with Crippen LogP contribution < -0.4 is 10.5 Å². The molecule has 4 rings (SSSR count). The van der Waals surface area contributed by atoms with Crippen LogP contribution in [0.5, 0.6) is 5.75 Å². The van der Waals surface area contributed by atoms with Crippen LogP contribution in [-0.4, -0.2) is 53.9 Å². The third kappa shape index (κ3) is 7.57. The van der Waals surface area contributed by atoms with Crippen molar-refractivity contribution in [3.05, 3.63) is 108 Å². The van der Waals surface area contributed by atoms with Crippen molar-refractivity contribution in [2.75, 3.05) is 26.7 Å². The number of aromatic nitrogens is 2. The van der Waals surface area contributed by atoms with Crippen molar-refractivity contribution in [1.29, 1.82) is 0 Å². The molecular weight excluding hydrogens is 524 g/mol. The molecule has 1 amide bonds. The molecule has 1 heterocycles. The molecule has 0 aliphatic heterocycles. The van der Waals surface area contributed by atoms with Gasteiger partial charge in [0.2, 0.25) is 11.9 Å². The molecule has 0 unspecified atom stereocenters. The van der Waals surface area contributed by atoms with Crippen molar-refractivity contribution in [1.82, 2.24) is 15.1 Å². The van der Waals surface area contributed by atoms with Gasteiger partial charge in [-0.2, -0.15) is 22.7 Å². The molecule has 0 radical (unpaired) electrons. The Morgan fingerprint density at radius 1 is 1.02 bits per heavy atom. The molecule has 0 aliphatic rings. The Morgan fingerprint density at radius 3 is 2.40 bits per heavy atom. The molecule has 0 aliphatic carbocycles. The number of H-pyrrole nitrogens is 1. The fraction of sp³-hybridized carbons (Fsp3) is 0.200. The van der Waals surface area contributed by atoms with E-state index in [4.69, 9.17) is 10.5 Å². The van der Waals surface area contributed by atoms with E-state index in [9.17, 15) is 22.4 Å². The van der Waals surface area contributed by atoms with E-state index in [0.717, 1.165) is 0 Å². The first-order chi connectivity index (χ1) is 19.1. The summed E-state index contributed by atoms with van der Waals surface area (Å²) in [5, 5.41) is 6.35. The summed E-state index contributed by atoms with van der Waals surface area (Å²) in [5.74, 6) is -0.636. The van der Waals surface area contributed by atoms with Crippen LogP contribution in [0.3, 0.4) is 0 Å². The van der Waals surface area contributed by atoms with Crippen LogP contribution in [0.1, 0.15) is 23.1 Å². The number of rotatable bonds is 11. The molecule has 0 atom stereocenters. The van der Waals surface area contributed by atoms with E-state index >= 15 is 0 Å². The topological polar surface area (TPSA) is 84.2 Å². The van der Waals surface area contributed by atoms with E-state index in [1.54, 1.807) is 72.8 Å². The first-order valence-electron chi connectivity index (χ1n) is 12.5. The first kappa shape index (κ1) is 28.6. The standard InChI is InChI=1S/C30H28F4N4O2/c1-38(15-5-8-27(35)39)16-17-40-23-12-9-21(10-13-23)28(22-11-14-26-24(18-22)29(31)37-36-26)25(19-30(32,33)34)20-6-3-2-4-7-20/h2-14,18H,15-17,19H2,1H3,(H2,35,39)(H,36,37)/b8-5+,28-25+. The number of allylic oxidation sites excluding steroid dienone is 1. The number of benzene rings is 3. The van der Waals surface area contributed by atoms with Crippen LogP contribution in [0.2, 0.25) is 0 Å². The third-order valence-electron chi connectivity index (χ3n) is 6.18. The van der Waals surface area contributed by atoms with Crippen LogP contribution in [0, 0.1) is 5.95 Å². The summed E-state index contributed by atoms with van der Waals surface area (Å²) in [5.41, 5.74) is 7.21. The number of nitrogens with zero attached hydrogens (tertiary/aromatic N) is 2. The van der Waals surface area contributed by atoms with Crippen molar-refractivity contribution < 1.29 is 27.1 Å². The zero-order chi connectivity index (χ0) is 28.7. The van der Waals surface area contributed by atoms with Crippen molar-refractivity contribution in [2.45, 2.75) is 12.6 Å². The molecule has 0 saturated carbocycles. The lowest BCUT2D eigenvalue weighted by Gasteiger charge is -2.19. The molecule has 3 aromatic carbocycles. The molecule has 4 aromatic rings. The second-order valence-corrected chi connectivity index (χ2v) is 9.22. The van der Waals surface area contributed by atoms with E-state index in [0.29, 0.717) is 53.2 Å². The predicted molar refractivity (Wildman–Crippen MR) is 147 cm³/mol. The van der Waals surface area contributed by atoms with Gasteiger partial charge in [0.15, 0.2) is 0 Å². The van der Waals surface area contributed by atoms with Gasteiger partial charge in [-0.15, -0.1) is 0 Å². The predicted octanol–water partition coefficient (Wildman–Crippen LogP) is 5.97. The first-order valence-corrected chi connectivity index (χ1v) is 12.5. The molecule has 40 heavy (non-hydrogen) atoms. The summed E-state index contributed by atoms with van der Waals surface area (Å²) in [7, 11) is 1.86. The number of fused-ring (bicyclic) bond motifs is 1. The van der Waals surface area contributed by atoms with Crippen molar-refractivity contribution in [2.24, 2.45) is 5.73 Å². The lowest BCUT2D eigenvalue weighted by Crippen LogP contribution is -2.24. The second-order valence-electron chi connectivity index (χ2n) is 9.22. The highest BCUT2D eigenvalue weighted by molar-refractivity contribution is 6.00. The number of hydrogen-bond donors (Lipinski definition) is 2.